The summed E-state index contributed by atoms with van der Waals surface area (Å²) in [6.45, 7) is 0.519. The van der Waals surface area contributed by atoms with Gasteiger partial charge in [0.2, 0.25) is 11.8 Å². The number of benzene rings is 1. The van der Waals surface area contributed by atoms with Crippen LogP contribution in [0.15, 0.2) is 22.6 Å². The summed E-state index contributed by atoms with van der Waals surface area (Å²) < 4.78 is 5.88. The summed E-state index contributed by atoms with van der Waals surface area (Å²) in [4.78, 5) is 30.2. The number of halogens is 1. The molecule has 1 aromatic carbocycles. The van der Waals surface area contributed by atoms with Crippen LogP contribution in [-0.4, -0.2) is 41.3 Å². The number of aromatic nitrogens is 1. The Morgan fingerprint density at radius 2 is 2.08 bits per heavy atom. The van der Waals surface area contributed by atoms with E-state index in [4.69, 9.17) is 16.0 Å². The fraction of sp³-hybridized carbons (Fsp3) is 0.526. The molecule has 1 saturated heterocycles. The minimum Gasteiger partial charge on any atom is -0.440 e. The highest BCUT2D eigenvalue weighted by Crippen LogP contribution is 2.34. The zero-order valence-electron chi connectivity index (χ0n) is 14.7. The summed E-state index contributed by atoms with van der Waals surface area (Å²) in [7, 11) is 1.74. The van der Waals surface area contributed by atoms with E-state index in [2.05, 4.69) is 10.3 Å². The van der Waals surface area contributed by atoms with Gasteiger partial charge in [-0.1, -0.05) is 11.6 Å². The Labute approximate surface area is 156 Å². The predicted octanol–water partition coefficient (Wildman–Crippen LogP) is 3.10. The number of rotatable bonds is 3. The van der Waals surface area contributed by atoms with Crippen molar-refractivity contribution in [2.45, 2.75) is 44.1 Å². The zero-order valence-corrected chi connectivity index (χ0v) is 15.5. The first-order valence-electron chi connectivity index (χ1n) is 9.10. The first-order valence-corrected chi connectivity index (χ1v) is 9.47. The first-order chi connectivity index (χ1) is 12.5. The molecule has 1 aromatic heterocycles. The highest BCUT2D eigenvalue weighted by Gasteiger charge is 2.34. The number of carbonyl (C=O) groups is 2. The Morgan fingerprint density at radius 3 is 2.77 bits per heavy atom. The molecule has 138 valence electrons. The third kappa shape index (κ3) is 3.43. The minimum absolute atomic E-state index is 0.00246. The lowest BCUT2D eigenvalue weighted by Crippen LogP contribution is -2.41. The van der Waals surface area contributed by atoms with Crippen molar-refractivity contribution in [3.8, 4) is 0 Å². The summed E-state index contributed by atoms with van der Waals surface area (Å²) in [6, 6.07) is 5.63. The summed E-state index contributed by atoms with van der Waals surface area (Å²) in [5.41, 5.74) is 1.55. The van der Waals surface area contributed by atoms with Crippen molar-refractivity contribution in [1.82, 2.24) is 15.2 Å². The molecule has 2 fully saturated rings. The van der Waals surface area contributed by atoms with Gasteiger partial charge in [-0.2, -0.15) is 0 Å². The van der Waals surface area contributed by atoms with Crippen LogP contribution < -0.4 is 5.32 Å². The lowest BCUT2D eigenvalue weighted by molar-refractivity contribution is -0.128. The summed E-state index contributed by atoms with van der Waals surface area (Å²) >= 11 is 6.01. The molecule has 1 saturated carbocycles. The molecule has 1 aliphatic heterocycles. The van der Waals surface area contributed by atoms with E-state index in [9.17, 15) is 9.59 Å². The van der Waals surface area contributed by atoms with Gasteiger partial charge in [-0.3, -0.25) is 9.59 Å². The van der Waals surface area contributed by atoms with Crippen LogP contribution in [0.1, 0.15) is 43.9 Å². The number of amides is 2. The number of hydrogen-bond acceptors (Lipinski definition) is 4. The van der Waals surface area contributed by atoms with Crippen molar-refractivity contribution in [1.29, 1.82) is 0 Å². The average Bonchev–Trinajstić information content (AvgIpc) is 3.19. The van der Waals surface area contributed by atoms with Gasteiger partial charge in [-0.15, -0.1) is 0 Å². The molecule has 0 unspecified atom stereocenters. The van der Waals surface area contributed by atoms with E-state index in [0.29, 0.717) is 18.0 Å². The minimum atomic E-state index is -0.216. The number of oxazole rings is 1. The van der Waals surface area contributed by atoms with Gasteiger partial charge in [-0.05, 0) is 43.9 Å². The summed E-state index contributed by atoms with van der Waals surface area (Å²) in [5.74, 6) is 0.864. The molecule has 2 aliphatic rings. The average molecular weight is 376 g/mol. The van der Waals surface area contributed by atoms with Crippen molar-refractivity contribution >= 4 is 34.5 Å². The van der Waals surface area contributed by atoms with Crippen molar-refractivity contribution in [3.05, 3.63) is 29.1 Å². The molecule has 0 spiro atoms. The van der Waals surface area contributed by atoms with E-state index in [1.807, 2.05) is 12.1 Å². The second-order valence-corrected chi connectivity index (χ2v) is 7.83. The maximum atomic E-state index is 12.4. The largest absolute Gasteiger partial charge is 0.440 e. The van der Waals surface area contributed by atoms with Crippen LogP contribution in [-0.2, 0) is 9.59 Å². The maximum Gasteiger partial charge on any atom is 0.225 e. The topological polar surface area (TPSA) is 75.4 Å². The van der Waals surface area contributed by atoms with Crippen LogP contribution in [0.5, 0.6) is 0 Å². The highest BCUT2D eigenvalue weighted by atomic mass is 35.5. The third-order valence-electron chi connectivity index (χ3n) is 5.50. The lowest BCUT2D eigenvalue weighted by Gasteiger charge is -2.28. The van der Waals surface area contributed by atoms with Gasteiger partial charge in [-0.25, -0.2) is 4.98 Å². The quantitative estimate of drug-likeness (QED) is 0.894. The van der Waals surface area contributed by atoms with Gasteiger partial charge in [0.15, 0.2) is 11.5 Å². The number of nitrogens with zero attached hydrogens (tertiary/aromatic N) is 2. The Kier molecular flexibility index (Phi) is 4.61. The molecule has 1 atom stereocenters. The van der Waals surface area contributed by atoms with Gasteiger partial charge in [0.05, 0.1) is 5.92 Å². The number of nitrogens with one attached hydrogen (secondary N) is 1. The smallest absolute Gasteiger partial charge is 0.225 e. The summed E-state index contributed by atoms with van der Waals surface area (Å²) in [5, 5.41) is 3.77. The van der Waals surface area contributed by atoms with Crippen LogP contribution in [0.2, 0.25) is 5.02 Å². The van der Waals surface area contributed by atoms with E-state index in [0.717, 1.165) is 42.7 Å². The van der Waals surface area contributed by atoms with Crippen molar-refractivity contribution < 1.29 is 14.0 Å². The second kappa shape index (κ2) is 6.91. The molecule has 6 nitrogen and oxygen atoms in total. The fourth-order valence-electron chi connectivity index (χ4n) is 3.94. The molecular weight excluding hydrogens is 354 g/mol. The third-order valence-corrected chi connectivity index (χ3v) is 5.74. The van der Waals surface area contributed by atoms with E-state index < -0.39 is 0 Å². The van der Waals surface area contributed by atoms with E-state index in [1.165, 1.54) is 0 Å². The van der Waals surface area contributed by atoms with Crippen molar-refractivity contribution in [2.24, 2.45) is 5.92 Å². The Morgan fingerprint density at radius 1 is 1.31 bits per heavy atom. The molecule has 7 heteroatoms. The van der Waals surface area contributed by atoms with Crippen LogP contribution in [0.25, 0.3) is 11.1 Å². The van der Waals surface area contributed by atoms with E-state index >= 15 is 0 Å². The molecule has 0 radical (unpaired) electrons. The normalized spacial score (nSPS) is 26.5. The molecule has 1 N–H and O–H groups in total. The maximum absolute atomic E-state index is 12.4. The van der Waals surface area contributed by atoms with Gasteiger partial charge in [0.1, 0.15) is 5.52 Å². The first kappa shape index (κ1) is 17.3. The SMILES string of the molecule is CN1C[C@H](C(=O)N[C@H]2CC[C@@H](c3nc4cc(Cl)ccc4o3)CC2)CC1=O. The zero-order chi connectivity index (χ0) is 18.3. The fourth-order valence-corrected chi connectivity index (χ4v) is 4.10. The molecule has 2 amide bonds. The Bertz CT molecular complexity index is 842. The molecule has 0 bridgehead atoms. The van der Waals surface area contributed by atoms with Crippen LogP contribution in [0.4, 0.5) is 0 Å². The standard InChI is InChI=1S/C19H22ClN3O3/c1-23-10-12(8-17(23)24)18(25)21-14-5-2-11(3-6-14)19-22-15-9-13(20)4-7-16(15)26-19/h4,7,9,11-12,14H,2-3,5-6,8,10H2,1H3,(H,21,25)/t11-,12-,14+/m1/s1. The number of hydrogen-bond donors (Lipinski definition) is 1. The van der Waals surface area contributed by atoms with Crippen LogP contribution in [0.3, 0.4) is 0 Å². The monoisotopic (exact) mass is 375 g/mol. The molecular formula is C19H22ClN3O3. The van der Waals surface area contributed by atoms with Crippen molar-refractivity contribution in [2.75, 3.05) is 13.6 Å². The highest BCUT2D eigenvalue weighted by molar-refractivity contribution is 6.31. The van der Waals surface area contributed by atoms with Gasteiger partial charge in [0.25, 0.3) is 0 Å². The molecule has 2 heterocycles. The Hall–Kier alpha value is -2.08. The van der Waals surface area contributed by atoms with Crippen LogP contribution >= 0.6 is 11.6 Å². The van der Waals surface area contributed by atoms with E-state index in [1.54, 1.807) is 18.0 Å². The van der Waals surface area contributed by atoms with Gasteiger partial charge >= 0.3 is 0 Å². The predicted molar refractivity (Wildman–Crippen MR) is 97.9 cm³/mol. The number of carbonyl (C=O) groups excluding carboxylic acids is 2. The molecule has 4 rings (SSSR count). The second-order valence-electron chi connectivity index (χ2n) is 7.40. The molecule has 2 aromatic rings. The van der Waals surface area contributed by atoms with E-state index in [-0.39, 0.29) is 29.7 Å². The summed E-state index contributed by atoms with van der Waals surface area (Å²) in [6.07, 6.45) is 3.96. The van der Waals surface area contributed by atoms with Crippen LogP contribution in [0, 0.1) is 5.92 Å². The van der Waals surface area contributed by atoms with Gasteiger partial charge < -0.3 is 14.6 Å². The number of fused-ring (bicyclic) bond motifs is 1. The molecule has 26 heavy (non-hydrogen) atoms. The Balaban J connectivity index is 1.33. The lowest BCUT2D eigenvalue weighted by atomic mass is 9.85. The number of likely N-dealkylation sites (tertiary alicyclic amines) is 1. The van der Waals surface area contributed by atoms with Gasteiger partial charge in [0, 0.05) is 37.0 Å². The van der Waals surface area contributed by atoms with Crippen molar-refractivity contribution in [3.63, 3.8) is 0 Å². The molecule has 1 aliphatic carbocycles.